The molecular weight excluding hydrogens is 749 g/mol. The van der Waals surface area contributed by atoms with Gasteiger partial charge in [-0.05, 0) is 95.4 Å². The molecule has 284 valence electrons. The fourth-order valence-electron chi connectivity index (χ4n) is 6.08. The summed E-state index contributed by atoms with van der Waals surface area (Å²) in [4.78, 5) is 58.4. The van der Waals surface area contributed by atoms with Crippen molar-refractivity contribution in [1.82, 2.24) is 9.80 Å². The summed E-state index contributed by atoms with van der Waals surface area (Å²) >= 11 is 2.96. The number of esters is 2. The van der Waals surface area contributed by atoms with E-state index in [1.165, 1.54) is 32.5 Å². The van der Waals surface area contributed by atoms with Crippen molar-refractivity contribution >= 4 is 46.8 Å². The van der Waals surface area contributed by atoms with Crippen LogP contribution in [0.5, 0.6) is 23.0 Å². The average Bonchev–Trinajstić information content (AvgIpc) is 3.91. The Morgan fingerprint density at radius 2 is 0.839 bits per heavy atom. The van der Waals surface area contributed by atoms with Gasteiger partial charge in [0.1, 0.15) is 23.0 Å². The molecule has 1 saturated carbocycles. The zero-order valence-electron chi connectivity index (χ0n) is 30.2. The molecule has 12 heteroatoms. The van der Waals surface area contributed by atoms with Gasteiger partial charge in [0, 0.05) is 22.8 Å². The Morgan fingerprint density at radius 1 is 0.464 bits per heavy atom. The third-order valence-corrected chi connectivity index (χ3v) is 10.9. The molecule has 0 N–H and O–H groups in total. The molecule has 10 nitrogen and oxygen atoms in total. The summed E-state index contributed by atoms with van der Waals surface area (Å²) in [7, 11) is 0. The van der Waals surface area contributed by atoms with Crippen LogP contribution >= 0.6 is 22.7 Å². The zero-order valence-corrected chi connectivity index (χ0v) is 31.9. The molecule has 0 aliphatic heterocycles. The van der Waals surface area contributed by atoms with Crippen LogP contribution in [0.4, 0.5) is 9.59 Å². The lowest BCUT2D eigenvalue weighted by molar-refractivity contribution is -0.161. The van der Waals surface area contributed by atoms with Crippen LogP contribution < -0.4 is 9.47 Å². The predicted octanol–water partition coefficient (Wildman–Crippen LogP) is 10.5. The SMILES string of the molecule is O=C(OC(=O)N(Cc1ccc(Oc2ccccc2)cc1)Cc1cccs1)C1CCC1C(=O)OC(=O)N(Cc1ccc(Oc2ccccc2)cc1)Cc1cccs1. The van der Waals surface area contributed by atoms with Gasteiger partial charge in [-0.2, -0.15) is 0 Å². The van der Waals surface area contributed by atoms with Crippen LogP contribution in [0, 0.1) is 11.8 Å². The van der Waals surface area contributed by atoms with Crippen LogP contribution in [0.25, 0.3) is 0 Å². The van der Waals surface area contributed by atoms with Crippen LogP contribution in [-0.2, 0) is 45.2 Å². The van der Waals surface area contributed by atoms with Crippen molar-refractivity contribution in [3.63, 3.8) is 0 Å². The van der Waals surface area contributed by atoms with E-state index < -0.39 is 36.0 Å². The molecule has 0 radical (unpaired) electrons. The number of amides is 2. The molecule has 2 unspecified atom stereocenters. The van der Waals surface area contributed by atoms with Crippen molar-refractivity contribution in [1.29, 1.82) is 0 Å². The second kappa shape index (κ2) is 18.4. The normalized spacial score (nSPS) is 14.5. The fraction of sp³-hybridized carbons (Fsp3) is 0.182. The lowest BCUT2D eigenvalue weighted by atomic mass is 9.74. The Bertz CT molecular complexity index is 2040. The molecule has 2 aromatic heterocycles. The van der Waals surface area contributed by atoms with Crippen molar-refractivity contribution in [3.8, 4) is 23.0 Å². The van der Waals surface area contributed by atoms with Crippen molar-refractivity contribution in [2.75, 3.05) is 0 Å². The van der Waals surface area contributed by atoms with Crippen LogP contribution in [0.1, 0.15) is 33.7 Å². The van der Waals surface area contributed by atoms with E-state index in [2.05, 4.69) is 0 Å². The van der Waals surface area contributed by atoms with Crippen molar-refractivity contribution in [2.24, 2.45) is 11.8 Å². The number of benzene rings is 4. The first-order chi connectivity index (χ1) is 27.4. The van der Waals surface area contributed by atoms with E-state index in [0.29, 0.717) is 35.8 Å². The molecule has 1 aliphatic rings. The third kappa shape index (κ3) is 10.3. The Labute approximate surface area is 332 Å². The molecule has 2 heterocycles. The van der Waals surface area contributed by atoms with Gasteiger partial charge in [-0.1, -0.05) is 72.8 Å². The highest BCUT2D eigenvalue weighted by Gasteiger charge is 2.45. The van der Waals surface area contributed by atoms with Gasteiger partial charge in [0.2, 0.25) is 0 Å². The van der Waals surface area contributed by atoms with Crippen molar-refractivity contribution in [3.05, 3.63) is 165 Å². The topological polar surface area (TPSA) is 112 Å². The van der Waals surface area contributed by atoms with E-state index in [9.17, 15) is 19.2 Å². The maximum atomic E-state index is 13.5. The first-order valence-electron chi connectivity index (χ1n) is 18.1. The van der Waals surface area contributed by atoms with E-state index in [4.69, 9.17) is 18.9 Å². The van der Waals surface area contributed by atoms with Gasteiger partial charge in [-0.25, -0.2) is 9.59 Å². The number of carbonyl (C=O) groups excluding carboxylic acids is 4. The number of rotatable bonds is 14. The van der Waals surface area contributed by atoms with E-state index in [0.717, 1.165) is 20.9 Å². The largest absolute Gasteiger partial charge is 0.457 e. The third-order valence-electron chi connectivity index (χ3n) is 9.18. The fourth-order valence-corrected chi connectivity index (χ4v) is 7.52. The van der Waals surface area contributed by atoms with Gasteiger partial charge in [0.15, 0.2) is 0 Å². The molecule has 56 heavy (non-hydrogen) atoms. The minimum absolute atomic E-state index is 0.170. The van der Waals surface area contributed by atoms with Crippen molar-refractivity contribution in [2.45, 2.75) is 39.0 Å². The summed E-state index contributed by atoms with van der Waals surface area (Å²) in [6, 6.07) is 41.0. The molecule has 6 aromatic rings. The van der Waals surface area contributed by atoms with Crippen LogP contribution in [-0.4, -0.2) is 33.9 Å². The van der Waals surface area contributed by atoms with E-state index >= 15 is 0 Å². The molecule has 0 spiro atoms. The Hall–Kier alpha value is -6.24. The molecule has 4 aromatic carbocycles. The van der Waals surface area contributed by atoms with Crippen LogP contribution in [0.15, 0.2) is 144 Å². The highest BCUT2D eigenvalue weighted by atomic mass is 32.1. The Balaban J connectivity index is 0.958. The molecule has 2 atom stereocenters. The van der Waals surface area contributed by atoms with E-state index in [1.54, 1.807) is 0 Å². The Kier molecular flexibility index (Phi) is 12.5. The smallest absolute Gasteiger partial charge is 0.418 e. The molecular formula is C44H38N2O8S2. The van der Waals surface area contributed by atoms with Gasteiger partial charge in [-0.3, -0.25) is 19.4 Å². The number of thiophene rings is 2. The molecule has 1 fully saturated rings. The Morgan fingerprint density at radius 3 is 1.18 bits per heavy atom. The predicted molar refractivity (Wildman–Crippen MR) is 212 cm³/mol. The van der Waals surface area contributed by atoms with Crippen molar-refractivity contribution < 1.29 is 38.1 Å². The lowest BCUT2D eigenvalue weighted by Gasteiger charge is -2.33. The first-order valence-corrected chi connectivity index (χ1v) is 19.8. The minimum Gasteiger partial charge on any atom is -0.457 e. The molecule has 2 amide bonds. The van der Waals surface area contributed by atoms with E-state index in [1.807, 2.05) is 144 Å². The summed E-state index contributed by atoms with van der Waals surface area (Å²) in [5.41, 5.74) is 1.61. The summed E-state index contributed by atoms with van der Waals surface area (Å²) in [5.74, 6) is -0.796. The van der Waals surface area contributed by atoms with E-state index in [-0.39, 0.29) is 26.2 Å². The lowest BCUT2D eigenvalue weighted by Crippen LogP contribution is -2.44. The molecule has 0 saturated heterocycles. The summed E-state index contributed by atoms with van der Waals surface area (Å²) in [6.07, 6.45) is -1.01. The van der Waals surface area contributed by atoms with Gasteiger partial charge in [-0.15, -0.1) is 22.7 Å². The second-order valence-electron chi connectivity index (χ2n) is 13.2. The van der Waals surface area contributed by atoms with Gasteiger partial charge in [0.25, 0.3) is 0 Å². The van der Waals surface area contributed by atoms with Gasteiger partial charge >= 0.3 is 24.1 Å². The number of nitrogens with zero attached hydrogens (tertiary/aromatic N) is 2. The molecule has 7 rings (SSSR count). The number of para-hydroxylation sites is 2. The van der Waals surface area contributed by atoms with Crippen LogP contribution in [0.2, 0.25) is 0 Å². The minimum atomic E-state index is -0.917. The standard InChI is InChI=1S/C44H38N2O8S2/c47-41(53-43(49)45(29-37-13-7-25-55-37)27-31-15-19-35(20-16-31)51-33-9-3-1-4-10-33)39-23-24-40(39)42(48)54-44(50)46(30-38-14-8-26-56-38)28-32-17-21-36(22-18-32)52-34-11-5-2-6-12-34/h1-22,25-26,39-40H,23-24,27-30H2. The number of ether oxygens (including phenoxy) is 4. The molecule has 1 aliphatic carbocycles. The average molecular weight is 787 g/mol. The summed E-state index contributed by atoms with van der Waals surface area (Å²) < 4.78 is 22.6. The van der Waals surface area contributed by atoms with Crippen LogP contribution in [0.3, 0.4) is 0 Å². The highest BCUT2D eigenvalue weighted by molar-refractivity contribution is 7.10. The zero-order chi connectivity index (χ0) is 38.7. The second-order valence-corrected chi connectivity index (χ2v) is 15.2. The quantitative estimate of drug-likeness (QED) is 0.0792. The maximum absolute atomic E-state index is 13.5. The highest BCUT2D eigenvalue weighted by Crippen LogP contribution is 2.37. The summed E-state index contributed by atoms with van der Waals surface area (Å²) in [5, 5.41) is 3.82. The monoisotopic (exact) mass is 786 g/mol. The van der Waals surface area contributed by atoms with Gasteiger partial charge in [0.05, 0.1) is 24.9 Å². The number of hydrogen-bond donors (Lipinski definition) is 0. The number of hydrogen-bond acceptors (Lipinski definition) is 10. The maximum Gasteiger partial charge on any atom is 0.418 e. The van der Waals surface area contributed by atoms with Gasteiger partial charge < -0.3 is 18.9 Å². The molecule has 0 bridgehead atoms. The first kappa shape index (κ1) is 38.1. The number of carbonyl (C=O) groups is 4. The summed E-state index contributed by atoms with van der Waals surface area (Å²) in [6.45, 7) is 0.783.